The summed E-state index contributed by atoms with van der Waals surface area (Å²) in [4.78, 5) is 19.9. The summed E-state index contributed by atoms with van der Waals surface area (Å²) in [5.74, 6) is 0.587. The van der Waals surface area contributed by atoms with Gasteiger partial charge in [0, 0.05) is 46.3 Å². The highest BCUT2D eigenvalue weighted by Crippen LogP contribution is 2.23. The average molecular weight is 445 g/mol. The Bertz CT molecular complexity index is 1620. The van der Waals surface area contributed by atoms with Crippen molar-refractivity contribution in [2.45, 2.75) is 6.42 Å². The number of amides is 1. The molecule has 1 amide bonds. The van der Waals surface area contributed by atoms with Gasteiger partial charge in [0.2, 0.25) is 5.91 Å². The molecule has 6 rings (SSSR count). The molecule has 0 saturated carbocycles. The minimum absolute atomic E-state index is 0.0662. The Hall–Kier alpha value is -4.85. The molecule has 0 atom stereocenters. The second-order valence-corrected chi connectivity index (χ2v) is 7.91. The molecular formula is C26H19N7O. The van der Waals surface area contributed by atoms with Gasteiger partial charge in [0.25, 0.3) is 0 Å². The minimum atomic E-state index is -0.0662. The largest absolute Gasteiger partial charge is 0.361 e. The molecule has 0 unspecified atom stereocenters. The zero-order chi connectivity index (χ0) is 22.9. The van der Waals surface area contributed by atoms with E-state index in [0.717, 1.165) is 39.0 Å². The lowest BCUT2D eigenvalue weighted by Crippen LogP contribution is -2.14. The van der Waals surface area contributed by atoms with Crippen molar-refractivity contribution in [2.75, 3.05) is 5.32 Å². The lowest BCUT2D eigenvalue weighted by molar-refractivity contribution is -0.115. The van der Waals surface area contributed by atoms with Crippen LogP contribution in [0.4, 0.5) is 5.69 Å². The van der Waals surface area contributed by atoms with Crippen molar-refractivity contribution < 1.29 is 4.79 Å². The number of carbonyl (C=O) groups excluding carboxylic acids is 1. The Labute approximate surface area is 194 Å². The quantitative estimate of drug-likeness (QED) is 0.406. The van der Waals surface area contributed by atoms with Crippen molar-refractivity contribution in [1.82, 2.24) is 29.8 Å². The number of rotatable bonds is 5. The summed E-state index contributed by atoms with van der Waals surface area (Å²) in [5.41, 5.74) is 5.99. The predicted octanol–water partition coefficient (Wildman–Crippen LogP) is 4.52. The number of fused-ring (bicyclic) bond motifs is 2. The fraction of sp³-hybridized carbons (Fsp3) is 0.0385. The summed E-state index contributed by atoms with van der Waals surface area (Å²) in [6.07, 6.45) is 5.62. The number of pyridine rings is 1. The third-order valence-corrected chi connectivity index (χ3v) is 5.69. The van der Waals surface area contributed by atoms with Crippen LogP contribution in [0.2, 0.25) is 0 Å². The van der Waals surface area contributed by atoms with Crippen molar-refractivity contribution in [1.29, 1.82) is 0 Å². The highest BCUT2D eigenvalue weighted by Gasteiger charge is 2.12. The first-order valence-corrected chi connectivity index (χ1v) is 10.8. The second-order valence-electron chi connectivity index (χ2n) is 7.91. The number of para-hydroxylation sites is 1. The van der Waals surface area contributed by atoms with Crippen LogP contribution in [-0.2, 0) is 11.2 Å². The molecule has 4 heterocycles. The lowest BCUT2D eigenvalue weighted by Gasteiger charge is -2.07. The van der Waals surface area contributed by atoms with Crippen LogP contribution in [0.1, 0.15) is 5.56 Å². The second kappa shape index (κ2) is 8.25. The lowest BCUT2D eigenvalue weighted by atomic mass is 10.1. The molecule has 0 bridgehead atoms. The van der Waals surface area contributed by atoms with Crippen molar-refractivity contribution in [2.24, 2.45) is 0 Å². The summed E-state index contributed by atoms with van der Waals surface area (Å²) in [7, 11) is 0. The molecule has 2 aromatic carbocycles. The molecule has 0 spiro atoms. The smallest absolute Gasteiger partial charge is 0.228 e. The fourth-order valence-corrected chi connectivity index (χ4v) is 4.00. The van der Waals surface area contributed by atoms with E-state index in [0.29, 0.717) is 17.9 Å². The summed E-state index contributed by atoms with van der Waals surface area (Å²) < 4.78 is 1.72. The molecular weight excluding hydrogens is 426 g/mol. The molecule has 4 aromatic heterocycles. The molecule has 0 radical (unpaired) electrons. The van der Waals surface area contributed by atoms with Gasteiger partial charge in [0.1, 0.15) is 0 Å². The molecule has 8 heteroatoms. The first-order chi connectivity index (χ1) is 16.7. The number of hydrogen-bond donors (Lipinski definition) is 2. The number of H-pyrrole nitrogens is 1. The van der Waals surface area contributed by atoms with Crippen LogP contribution < -0.4 is 5.32 Å². The molecule has 2 N–H and O–H groups in total. The number of hydrogen-bond acceptors (Lipinski definition) is 5. The zero-order valence-corrected chi connectivity index (χ0v) is 18.0. The van der Waals surface area contributed by atoms with E-state index in [1.807, 2.05) is 79.0 Å². The molecule has 8 nitrogen and oxygen atoms in total. The number of nitrogens with zero attached hydrogens (tertiary/aromatic N) is 5. The molecule has 6 aromatic rings. The number of benzene rings is 2. The number of aromatic nitrogens is 6. The molecule has 0 saturated heterocycles. The Morgan fingerprint density at radius 1 is 0.882 bits per heavy atom. The van der Waals surface area contributed by atoms with Gasteiger partial charge in [0.05, 0.1) is 12.1 Å². The Morgan fingerprint density at radius 2 is 1.71 bits per heavy atom. The SMILES string of the molecule is O=C(Cc1c[nH]c2ccccc12)Nc1ccc(-c2ccc3nnc(-c4ccncc4)n3n2)cc1. The van der Waals surface area contributed by atoms with Gasteiger partial charge in [0.15, 0.2) is 11.5 Å². The monoisotopic (exact) mass is 445 g/mol. The van der Waals surface area contributed by atoms with Crippen LogP contribution in [0.5, 0.6) is 0 Å². The Kier molecular flexibility index (Phi) is 4.81. The van der Waals surface area contributed by atoms with Gasteiger partial charge in [-0.2, -0.15) is 9.61 Å². The number of anilines is 1. The number of aromatic amines is 1. The molecule has 0 fully saturated rings. The van der Waals surface area contributed by atoms with Gasteiger partial charge < -0.3 is 10.3 Å². The minimum Gasteiger partial charge on any atom is -0.361 e. The third kappa shape index (κ3) is 3.67. The fourth-order valence-electron chi connectivity index (χ4n) is 4.00. The zero-order valence-electron chi connectivity index (χ0n) is 18.0. The van der Waals surface area contributed by atoms with Gasteiger partial charge in [-0.1, -0.05) is 30.3 Å². The van der Waals surface area contributed by atoms with Crippen molar-refractivity contribution in [3.8, 4) is 22.6 Å². The first-order valence-electron chi connectivity index (χ1n) is 10.8. The average Bonchev–Trinajstić information content (AvgIpc) is 3.49. The van der Waals surface area contributed by atoms with E-state index in [-0.39, 0.29) is 5.91 Å². The van der Waals surface area contributed by atoms with Crippen LogP contribution >= 0.6 is 0 Å². The van der Waals surface area contributed by atoms with Crippen molar-refractivity contribution in [3.63, 3.8) is 0 Å². The van der Waals surface area contributed by atoms with Crippen molar-refractivity contribution >= 4 is 28.1 Å². The highest BCUT2D eigenvalue weighted by atomic mass is 16.1. The highest BCUT2D eigenvalue weighted by molar-refractivity contribution is 5.95. The van der Waals surface area contributed by atoms with E-state index < -0.39 is 0 Å². The van der Waals surface area contributed by atoms with Crippen LogP contribution in [0.15, 0.2) is 91.4 Å². The Balaban J connectivity index is 1.21. The van der Waals surface area contributed by atoms with Crippen LogP contribution in [0.3, 0.4) is 0 Å². The summed E-state index contributed by atoms with van der Waals surface area (Å²) in [6.45, 7) is 0. The first kappa shape index (κ1) is 19.8. The van der Waals surface area contributed by atoms with E-state index in [1.165, 1.54) is 0 Å². The van der Waals surface area contributed by atoms with Gasteiger partial charge in [-0.3, -0.25) is 9.78 Å². The summed E-state index contributed by atoms with van der Waals surface area (Å²) >= 11 is 0. The Morgan fingerprint density at radius 3 is 2.56 bits per heavy atom. The summed E-state index contributed by atoms with van der Waals surface area (Å²) in [5, 5.41) is 17.2. The van der Waals surface area contributed by atoms with Gasteiger partial charge >= 0.3 is 0 Å². The van der Waals surface area contributed by atoms with Crippen LogP contribution in [-0.4, -0.2) is 35.7 Å². The maximum Gasteiger partial charge on any atom is 0.228 e. The maximum atomic E-state index is 12.6. The van der Waals surface area contributed by atoms with E-state index >= 15 is 0 Å². The van der Waals surface area contributed by atoms with E-state index in [4.69, 9.17) is 5.10 Å². The molecule has 0 aliphatic carbocycles. The van der Waals surface area contributed by atoms with Crippen LogP contribution in [0, 0.1) is 0 Å². The molecule has 0 aliphatic rings. The standard InChI is InChI=1S/C26H19N7O/c34-25(15-19-16-28-23-4-2-1-3-21(19)23)29-20-7-5-17(6-8-20)22-9-10-24-30-31-26(33(24)32-22)18-11-13-27-14-12-18/h1-14,16,28H,15H2,(H,29,34). The normalized spacial score (nSPS) is 11.2. The van der Waals surface area contributed by atoms with E-state index in [9.17, 15) is 4.79 Å². The number of carbonyl (C=O) groups is 1. The summed E-state index contributed by atoms with van der Waals surface area (Å²) in [6, 6.07) is 23.1. The number of nitrogens with one attached hydrogen (secondary N) is 2. The molecule has 34 heavy (non-hydrogen) atoms. The maximum absolute atomic E-state index is 12.6. The van der Waals surface area contributed by atoms with Gasteiger partial charge in [-0.05, 0) is 48.0 Å². The van der Waals surface area contributed by atoms with Gasteiger partial charge in [-0.15, -0.1) is 10.2 Å². The van der Waals surface area contributed by atoms with Crippen LogP contribution in [0.25, 0.3) is 39.2 Å². The molecule has 0 aliphatic heterocycles. The van der Waals surface area contributed by atoms with E-state index in [2.05, 4.69) is 25.5 Å². The van der Waals surface area contributed by atoms with Gasteiger partial charge in [-0.25, -0.2) is 0 Å². The topological polar surface area (TPSA) is 101 Å². The predicted molar refractivity (Wildman–Crippen MR) is 130 cm³/mol. The third-order valence-electron chi connectivity index (χ3n) is 5.69. The molecule has 164 valence electrons. The van der Waals surface area contributed by atoms with Crippen molar-refractivity contribution in [3.05, 3.63) is 97.0 Å². The van der Waals surface area contributed by atoms with E-state index in [1.54, 1.807) is 16.9 Å².